The molecule has 1 saturated carbocycles. The third-order valence-electron chi connectivity index (χ3n) is 5.87. The van der Waals surface area contributed by atoms with Crippen LogP contribution in [0.15, 0.2) is 59.5 Å². The van der Waals surface area contributed by atoms with Gasteiger partial charge in [-0.25, -0.2) is 0 Å². The third kappa shape index (κ3) is 4.59. The van der Waals surface area contributed by atoms with Crippen LogP contribution in [0, 0.1) is 17.8 Å². The minimum Gasteiger partial charge on any atom is -0.483 e. The van der Waals surface area contributed by atoms with Crippen molar-refractivity contribution in [3.63, 3.8) is 0 Å². The zero-order chi connectivity index (χ0) is 20.2. The molecule has 1 amide bonds. The van der Waals surface area contributed by atoms with E-state index < -0.39 is 0 Å². The molecule has 2 bridgehead atoms. The zero-order valence-electron chi connectivity index (χ0n) is 16.3. The molecule has 29 heavy (non-hydrogen) atoms. The number of hydrogen-bond donors (Lipinski definition) is 2. The van der Waals surface area contributed by atoms with Crippen LogP contribution in [0.25, 0.3) is 0 Å². The smallest absolute Gasteiger partial charge is 0.239 e. The number of nitrogens with zero attached hydrogens (tertiary/aromatic N) is 1. The fourth-order valence-electron chi connectivity index (χ4n) is 4.31. The van der Waals surface area contributed by atoms with Gasteiger partial charge in [0.2, 0.25) is 11.3 Å². The Kier molecular flexibility index (Phi) is 5.81. The van der Waals surface area contributed by atoms with Gasteiger partial charge in [-0.1, -0.05) is 42.5 Å². The largest absolute Gasteiger partial charge is 0.483 e. The summed E-state index contributed by atoms with van der Waals surface area (Å²) >= 11 is 0. The summed E-state index contributed by atoms with van der Waals surface area (Å²) in [5.41, 5.74) is 1.03. The summed E-state index contributed by atoms with van der Waals surface area (Å²) in [5.74, 6) is 1.79. The first-order valence-electron chi connectivity index (χ1n) is 10.1. The molecule has 0 radical (unpaired) electrons. The monoisotopic (exact) mass is 394 g/mol. The second-order valence-corrected chi connectivity index (χ2v) is 7.90. The van der Waals surface area contributed by atoms with E-state index in [0.717, 1.165) is 12.0 Å². The summed E-state index contributed by atoms with van der Waals surface area (Å²) in [5, 5.41) is 12.6. The van der Waals surface area contributed by atoms with E-state index in [1.165, 1.54) is 18.7 Å². The van der Waals surface area contributed by atoms with Crippen molar-refractivity contribution in [2.45, 2.75) is 32.6 Å². The molecule has 2 aliphatic carbocycles. The standard InChI is InChI=1S/C23H26N2O4/c26-14-20-10-21(27)22(29-15-16-4-2-1-3-5-16)12-25(20)13-23(28)24-11-19-9-17-6-7-18(19)8-17/h1-7,10,12,17-19,26H,8-9,11,13-15H2,(H,24,28)/t17-,18+,19-/m1/s1. The van der Waals surface area contributed by atoms with Crippen molar-refractivity contribution in [3.8, 4) is 5.75 Å². The average molecular weight is 394 g/mol. The van der Waals surface area contributed by atoms with E-state index in [1.807, 2.05) is 30.3 Å². The lowest BCUT2D eigenvalue weighted by Crippen LogP contribution is -2.34. The molecule has 0 aliphatic heterocycles. The first-order valence-corrected chi connectivity index (χ1v) is 10.1. The molecule has 3 atom stereocenters. The lowest BCUT2D eigenvalue weighted by Gasteiger charge is -2.19. The molecule has 4 rings (SSSR count). The molecule has 0 unspecified atom stereocenters. The lowest BCUT2D eigenvalue weighted by molar-refractivity contribution is -0.121. The quantitative estimate of drug-likeness (QED) is 0.673. The van der Waals surface area contributed by atoms with Gasteiger partial charge in [0.25, 0.3) is 0 Å². The normalized spacial score (nSPS) is 22.0. The molecule has 1 aromatic carbocycles. The number of carbonyl (C=O) groups excluding carboxylic acids is 1. The molecule has 0 spiro atoms. The number of benzene rings is 1. The van der Waals surface area contributed by atoms with Crippen molar-refractivity contribution >= 4 is 5.91 Å². The number of rotatable bonds is 8. The van der Waals surface area contributed by atoms with Crippen LogP contribution >= 0.6 is 0 Å². The van der Waals surface area contributed by atoms with Crippen LogP contribution in [0.4, 0.5) is 0 Å². The van der Waals surface area contributed by atoms with E-state index in [1.54, 1.807) is 4.57 Å². The highest BCUT2D eigenvalue weighted by molar-refractivity contribution is 5.75. The topological polar surface area (TPSA) is 80.6 Å². The number of allylic oxidation sites excluding steroid dienone is 2. The molecule has 152 valence electrons. The van der Waals surface area contributed by atoms with Gasteiger partial charge in [0.1, 0.15) is 13.2 Å². The zero-order valence-corrected chi connectivity index (χ0v) is 16.3. The molecule has 6 nitrogen and oxygen atoms in total. The Morgan fingerprint density at radius 3 is 2.72 bits per heavy atom. The van der Waals surface area contributed by atoms with Crippen molar-refractivity contribution in [1.29, 1.82) is 0 Å². The molecule has 1 aromatic heterocycles. The Morgan fingerprint density at radius 2 is 2.03 bits per heavy atom. The Labute approximate surface area is 169 Å². The fourth-order valence-corrected chi connectivity index (χ4v) is 4.31. The summed E-state index contributed by atoms with van der Waals surface area (Å²) in [4.78, 5) is 24.7. The summed E-state index contributed by atoms with van der Waals surface area (Å²) in [6.45, 7) is 0.641. The Morgan fingerprint density at radius 1 is 1.21 bits per heavy atom. The Hall–Kier alpha value is -2.86. The number of pyridine rings is 1. The molecule has 6 heteroatoms. The van der Waals surface area contributed by atoms with Crippen LogP contribution in [0.2, 0.25) is 0 Å². The van der Waals surface area contributed by atoms with Gasteiger partial charge in [-0.15, -0.1) is 0 Å². The van der Waals surface area contributed by atoms with Gasteiger partial charge in [-0.2, -0.15) is 0 Å². The van der Waals surface area contributed by atoms with Gasteiger partial charge >= 0.3 is 0 Å². The maximum absolute atomic E-state index is 12.5. The van der Waals surface area contributed by atoms with Crippen LogP contribution in [-0.2, 0) is 24.6 Å². The van der Waals surface area contributed by atoms with E-state index in [4.69, 9.17) is 4.74 Å². The number of aliphatic hydroxyl groups excluding tert-OH is 1. The van der Waals surface area contributed by atoms with Crippen LogP contribution < -0.4 is 15.5 Å². The van der Waals surface area contributed by atoms with Crippen molar-refractivity contribution in [2.75, 3.05) is 6.54 Å². The second-order valence-electron chi connectivity index (χ2n) is 7.90. The van der Waals surface area contributed by atoms with Crippen molar-refractivity contribution in [1.82, 2.24) is 9.88 Å². The SMILES string of the molecule is O=C(Cn1cc(OCc2ccccc2)c(=O)cc1CO)NC[C@H]1C[C@@H]2C=C[C@H]1C2. The summed E-state index contributed by atoms with van der Waals surface area (Å²) in [6.07, 6.45) is 8.41. The predicted molar refractivity (Wildman–Crippen MR) is 109 cm³/mol. The summed E-state index contributed by atoms with van der Waals surface area (Å²) in [7, 11) is 0. The first kappa shape index (κ1) is 19.5. The minimum absolute atomic E-state index is 0.0362. The van der Waals surface area contributed by atoms with Gasteiger partial charge in [0.05, 0.1) is 12.8 Å². The number of fused-ring (bicyclic) bond motifs is 2. The fraction of sp³-hybridized carbons (Fsp3) is 0.391. The number of carbonyl (C=O) groups is 1. The molecule has 2 N–H and O–H groups in total. The van der Waals surface area contributed by atoms with Gasteiger partial charge in [0, 0.05) is 18.3 Å². The third-order valence-corrected chi connectivity index (χ3v) is 5.87. The number of nitrogens with one attached hydrogen (secondary N) is 1. The molecular formula is C23H26N2O4. The number of amides is 1. The van der Waals surface area contributed by atoms with Crippen LogP contribution in [-0.4, -0.2) is 22.1 Å². The van der Waals surface area contributed by atoms with Gasteiger partial charge in [-0.05, 0) is 36.2 Å². The van der Waals surface area contributed by atoms with Crippen LogP contribution in [0.3, 0.4) is 0 Å². The van der Waals surface area contributed by atoms with Crippen molar-refractivity contribution in [3.05, 3.63) is 76.2 Å². The molecule has 2 aromatic rings. The number of aliphatic hydroxyl groups is 1. The molecule has 0 saturated heterocycles. The average Bonchev–Trinajstić information content (AvgIpc) is 3.36. The second kappa shape index (κ2) is 8.66. The maximum atomic E-state index is 12.5. The van der Waals surface area contributed by atoms with Gasteiger partial charge < -0.3 is 19.7 Å². The van der Waals surface area contributed by atoms with E-state index in [2.05, 4.69) is 17.5 Å². The van der Waals surface area contributed by atoms with Crippen molar-refractivity contribution < 1.29 is 14.6 Å². The highest BCUT2D eigenvalue weighted by atomic mass is 16.5. The van der Waals surface area contributed by atoms with E-state index in [-0.39, 0.29) is 36.8 Å². The first-order chi connectivity index (χ1) is 14.1. The van der Waals surface area contributed by atoms with E-state index in [9.17, 15) is 14.7 Å². The van der Waals surface area contributed by atoms with E-state index >= 15 is 0 Å². The Bertz CT molecular complexity index is 951. The predicted octanol–water partition coefficient (Wildman–Crippen LogP) is 2.25. The minimum atomic E-state index is -0.321. The number of ether oxygens (including phenoxy) is 1. The summed E-state index contributed by atoms with van der Waals surface area (Å²) in [6, 6.07) is 10.9. The molecular weight excluding hydrogens is 368 g/mol. The van der Waals surface area contributed by atoms with Crippen LogP contribution in [0.1, 0.15) is 24.1 Å². The lowest BCUT2D eigenvalue weighted by atomic mass is 9.94. The highest BCUT2D eigenvalue weighted by Crippen LogP contribution is 2.42. The van der Waals surface area contributed by atoms with Gasteiger partial charge in [0.15, 0.2) is 5.75 Å². The molecule has 2 aliphatic rings. The maximum Gasteiger partial charge on any atom is 0.239 e. The highest BCUT2D eigenvalue weighted by Gasteiger charge is 2.35. The van der Waals surface area contributed by atoms with E-state index in [0.29, 0.717) is 30.0 Å². The number of hydrogen-bond acceptors (Lipinski definition) is 4. The van der Waals surface area contributed by atoms with Gasteiger partial charge in [-0.3, -0.25) is 9.59 Å². The molecule has 1 fully saturated rings. The summed E-state index contributed by atoms with van der Waals surface area (Å²) < 4.78 is 7.25. The molecule has 1 heterocycles. The number of aromatic nitrogens is 1. The van der Waals surface area contributed by atoms with Crippen molar-refractivity contribution in [2.24, 2.45) is 17.8 Å². The Balaban J connectivity index is 1.39. The van der Waals surface area contributed by atoms with Crippen LogP contribution in [0.5, 0.6) is 5.75 Å².